The number of aromatic nitrogens is 1. The Labute approximate surface area is 288 Å². The van der Waals surface area contributed by atoms with E-state index >= 15 is 0 Å². The van der Waals surface area contributed by atoms with Crippen LogP contribution in [0.3, 0.4) is 0 Å². The molecular weight excluding hydrogens is 648 g/mol. The lowest BCUT2D eigenvalue weighted by Gasteiger charge is -2.29. The molecule has 49 heavy (non-hydrogen) atoms. The summed E-state index contributed by atoms with van der Waals surface area (Å²) in [7, 11) is 4.55. The molecule has 0 saturated heterocycles. The number of anilines is 1. The molecule has 10 nitrogen and oxygen atoms in total. The highest BCUT2D eigenvalue weighted by Crippen LogP contribution is 2.48. The maximum Gasteiger partial charge on any atom is 0.312 e. The number of ether oxygens (including phenoxy) is 4. The third-order valence-electron chi connectivity index (χ3n) is 9.36. The van der Waals surface area contributed by atoms with Gasteiger partial charge < -0.3 is 28.8 Å². The molecule has 1 aliphatic heterocycles. The van der Waals surface area contributed by atoms with E-state index in [9.17, 15) is 19.2 Å². The van der Waals surface area contributed by atoms with E-state index in [2.05, 4.69) is 4.98 Å². The number of hydrogen-bond donors (Lipinski definition) is 1. The smallest absolute Gasteiger partial charge is 0.312 e. The molecule has 1 aliphatic carbocycles. The number of methoxy groups -OCH3 is 3. The maximum absolute atomic E-state index is 14.3. The van der Waals surface area contributed by atoms with Crippen molar-refractivity contribution in [1.29, 1.82) is 0 Å². The zero-order valence-corrected chi connectivity index (χ0v) is 29.2. The van der Waals surface area contributed by atoms with E-state index in [-0.39, 0.29) is 41.4 Å². The van der Waals surface area contributed by atoms with Crippen molar-refractivity contribution < 1.29 is 38.1 Å². The summed E-state index contributed by atoms with van der Waals surface area (Å²) in [6, 6.07) is 12.7. The molecule has 0 fully saturated rings. The predicted octanol–water partition coefficient (Wildman–Crippen LogP) is 7.07. The lowest BCUT2D eigenvalue weighted by atomic mass is 9.73. The number of H-pyrrole nitrogens is 1. The quantitative estimate of drug-likeness (QED) is 0.0860. The number of aromatic amines is 1. The number of Topliss-reactive ketones (excluding diaryl/α,β-unsaturated/α-hetero) is 1. The van der Waals surface area contributed by atoms with Gasteiger partial charge in [-0.15, -0.1) is 11.6 Å². The molecule has 1 atom stereocenters. The number of alkyl halides is 1. The summed E-state index contributed by atoms with van der Waals surface area (Å²) >= 11 is 6.50. The summed E-state index contributed by atoms with van der Waals surface area (Å²) in [6.07, 6.45) is 1.16. The minimum atomic E-state index is -0.981. The monoisotopic (exact) mass is 684 g/mol. The minimum Gasteiger partial charge on any atom is -0.493 e. The number of carbonyl (C=O) groups excluding carboxylic acids is 4. The number of rotatable bonds is 9. The van der Waals surface area contributed by atoms with Gasteiger partial charge in [0.1, 0.15) is 11.4 Å². The summed E-state index contributed by atoms with van der Waals surface area (Å²) in [6.45, 7) is 7.02. The van der Waals surface area contributed by atoms with Crippen LogP contribution < -0.4 is 23.8 Å². The molecule has 0 saturated carbocycles. The number of benzene rings is 3. The third-order valence-corrected chi connectivity index (χ3v) is 9.74. The van der Waals surface area contributed by atoms with Gasteiger partial charge in [-0.25, -0.2) is 0 Å². The van der Waals surface area contributed by atoms with E-state index in [1.807, 2.05) is 24.3 Å². The summed E-state index contributed by atoms with van der Waals surface area (Å²) in [5.74, 6) is 0.186. The Hall–Kier alpha value is -5.09. The summed E-state index contributed by atoms with van der Waals surface area (Å²) in [5, 5.41) is 2.18. The summed E-state index contributed by atoms with van der Waals surface area (Å²) < 4.78 is 22.7. The number of allylic oxidation sites excluding steroid dienone is 4. The Balaban J connectivity index is 1.38. The second-order valence-corrected chi connectivity index (χ2v) is 13.3. The number of esters is 1. The average Bonchev–Trinajstić information content (AvgIpc) is 3.67. The fourth-order valence-electron chi connectivity index (χ4n) is 7.20. The van der Waals surface area contributed by atoms with Crippen LogP contribution >= 0.6 is 11.6 Å². The van der Waals surface area contributed by atoms with Crippen molar-refractivity contribution in [2.24, 2.45) is 5.41 Å². The second-order valence-electron chi connectivity index (χ2n) is 13.0. The maximum atomic E-state index is 14.3. The molecule has 0 spiro atoms. The molecular formula is C38H37ClN2O8. The minimum absolute atomic E-state index is 0.159. The topological polar surface area (TPSA) is 124 Å². The first-order valence-electron chi connectivity index (χ1n) is 15.8. The van der Waals surface area contributed by atoms with Crippen LogP contribution in [0.15, 0.2) is 65.3 Å². The predicted molar refractivity (Wildman–Crippen MR) is 188 cm³/mol. The highest BCUT2D eigenvalue weighted by molar-refractivity contribution is 6.23. The van der Waals surface area contributed by atoms with Gasteiger partial charge in [-0.05, 0) is 43.0 Å². The van der Waals surface area contributed by atoms with Crippen molar-refractivity contribution in [3.63, 3.8) is 0 Å². The lowest BCUT2D eigenvalue weighted by Crippen LogP contribution is -2.31. The van der Waals surface area contributed by atoms with Crippen LogP contribution in [-0.2, 0) is 14.4 Å². The van der Waals surface area contributed by atoms with Gasteiger partial charge in [-0.3, -0.25) is 19.2 Å². The van der Waals surface area contributed by atoms with Gasteiger partial charge in [0.05, 0.1) is 39.0 Å². The van der Waals surface area contributed by atoms with Crippen molar-refractivity contribution in [3.8, 4) is 23.0 Å². The van der Waals surface area contributed by atoms with Crippen LogP contribution in [0.25, 0.3) is 21.7 Å². The first-order chi connectivity index (χ1) is 23.3. The standard InChI is InChI=1S/C38H37ClN2O8/c1-19-12-27(42)32(20(2)34(19)44)38(3,4)16-30(43)49-28-15-26-31(24-11-9-8-10-23(24)28)22(17-39)18-41(26)37(45)25-13-21-14-29(46-5)35(47-6)36(48-7)33(21)40-25/h8-15,22,40H,16-18H2,1-7H3. The van der Waals surface area contributed by atoms with Gasteiger partial charge >= 0.3 is 5.97 Å². The largest absolute Gasteiger partial charge is 0.493 e. The van der Waals surface area contributed by atoms with Gasteiger partial charge in [0.2, 0.25) is 5.75 Å². The second kappa shape index (κ2) is 12.7. The number of halogens is 1. The summed E-state index contributed by atoms with van der Waals surface area (Å²) in [4.78, 5) is 58.4. The Kier molecular flexibility index (Phi) is 8.79. The molecule has 2 heterocycles. The molecule has 1 unspecified atom stereocenters. The van der Waals surface area contributed by atoms with Crippen LogP contribution in [0.4, 0.5) is 5.69 Å². The van der Waals surface area contributed by atoms with Crippen LogP contribution in [0.5, 0.6) is 23.0 Å². The van der Waals surface area contributed by atoms with Crippen LogP contribution in [0.2, 0.25) is 0 Å². The molecule has 1 N–H and O–H groups in total. The van der Waals surface area contributed by atoms with Crippen molar-refractivity contribution in [2.75, 3.05) is 38.7 Å². The number of ketones is 2. The number of amides is 1. The number of hydrogen-bond acceptors (Lipinski definition) is 8. The molecule has 1 aromatic heterocycles. The normalized spacial score (nSPS) is 16.3. The molecule has 6 rings (SSSR count). The van der Waals surface area contributed by atoms with E-state index in [1.54, 1.807) is 50.8 Å². The Morgan fingerprint density at radius 1 is 0.959 bits per heavy atom. The fraction of sp³-hybridized carbons (Fsp3) is 0.316. The zero-order chi connectivity index (χ0) is 35.4. The molecule has 11 heteroatoms. The van der Waals surface area contributed by atoms with Crippen molar-refractivity contribution in [2.45, 2.75) is 40.0 Å². The fourth-order valence-corrected chi connectivity index (χ4v) is 7.45. The molecule has 254 valence electrons. The highest BCUT2D eigenvalue weighted by atomic mass is 35.5. The van der Waals surface area contributed by atoms with Gasteiger partial charge in [-0.1, -0.05) is 38.1 Å². The third kappa shape index (κ3) is 5.63. The Bertz CT molecular complexity index is 2140. The summed E-state index contributed by atoms with van der Waals surface area (Å²) in [5.41, 5.74) is 2.35. The molecule has 2 aliphatic rings. The molecule has 0 bridgehead atoms. The average molecular weight is 685 g/mol. The van der Waals surface area contributed by atoms with E-state index < -0.39 is 11.4 Å². The van der Waals surface area contributed by atoms with Crippen molar-refractivity contribution in [3.05, 3.63) is 76.5 Å². The SMILES string of the molecule is COc1cc2cc(C(=O)N3CC(CCl)c4c3cc(OC(=O)CC(C)(C)C3=C(C)C(=O)C(C)=CC3=O)c3ccccc43)[nH]c2c(OC)c1OC. The van der Waals surface area contributed by atoms with Gasteiger partial charge in [0.25, 0.3) is 5.91 Å². The zero-order valence-electron chi connectivity index (χ0n) is 28.4. The highest BCUT2D eigenvalue weighted by Gasteiger charge is 2.38. The number of nitrogens with one attached hydrogen (secondary N) is 1. The number of carbonyl (C=O) groups is 4. The number of nitrogens with zero attached hydrogens (tertiary/aromatic N) is 1. The molecule has 1 amide bonds. The first-order valence-corrected chi connectivity index (χ1v) is 16.3. The lowest BCUT2D eigenvalue weighted by molar-refractivity contribution is -0.136. The van der Waals surface area contributed by atoms with E-state index in [4.69, 9.17) is 30.5 Å². The van der Waals surface area contributed by atoms with Gasteiger partial charge in [0.15, 0.2) is 23.1 Å². The molecule has 3 aromatic carbocycles. The van der Waals surface area contributed by atoms with Crippen LogP contribution in [0.1, 0.15) is 56.1 Å². The number of fused-ring (bicyclic) bond motifs is 4. The van der Waals surface area contributed by atoms with E-state index in [0.717, 1.165) is 10.9 Å². The Morgan fingerprint density at radius 2 is 1.65 bits per heavy atom. The van der Waals surface area contributed by atoms with Crippen LogP contribution in [0, 0.1) is 5.41 Å². The molecule has 0 radical (unpaired) electrons. The Morgan fingerprint density at radius 3 is 2.31 bits per heavy atom. The van der Waals surface area contributed by atoms with Crippen molar-refractivity contribution >= 4 is 62.4 Å². The van der Waals surface area contributed by atoms with Gasteiger partial charge in [-0.2, -0.15) is 0 Å². The van der Waals surface area contributed by atoms with Crippen LogP contribution in [-0.4, -0.2) is 62.2 Å². The van der Waals surface area contributed by atoms with E-state index in [1.165, 1.54) is 27.4 Å². The molecule has 4 aromatic rings. The van der Waals surface area contributed by atoms with Crippen molar-refractivity contribution in [1.82, 2.24) is 4.98 Å². The van der Waals surface area contributed by atoms with E-state index in [0.29, 0.717) is 68.2 Å². The van der Waals surface area contributed by atoms with Gasteiger partial charge in [0, 0.05) is 57.3 Å². The first kappa shape index (κ1) is 33.8.